The Morgan fingerprint density at radius 1 is 1.04 bits per heavy atom. The maximum atomic E-state index is 10.8. The summed E-state index contributed by atoms with van der Waals surface area (Å²) in [5, 5.41) is 18.9. The van der Waals surface area contributed by atoms with Gasteiger partial charge in [0.05, 0.1) is 11.7 Å². The van der Waals surface area contributed by atoms with Crippen molar-refractivity contribution in [3.05, 3.63) is 77.9 Å². The summed E-state index contributed by atoms with van der Waals surface area (Å²) in [5.41, 5.74) is 1.98. The molecule has 0 radical (unpaired) electrons. The minimum atomic E-state index is -0.392. The Labute approximate surface area is 151 Å². The van der Waals surface area contributed by atoms with Crippen LogP contribution in [-0.2, 0) is 0 Å². The minimum absolute atomic E-state index is 0. The van der Waals surface area contributed by atoms with Gasteiger partial charge in [0.2, 0.25) is 0 Å². The number of aromatic hydroxyl groups is 1. The Morgan fingerprint density at radius 3 is 2.62 bits per heavy atom. The molecule has 0 aliphatic carbocycles. The lowest BCUT2D eigenvalue weighted by atomic mass is 9.99. The molecule has 0 unspecified atom stereocenters. The molecule has 3 aromatic heterocycles. The molecular weight excluding hydrogens is 328 g/mol. The van der Waals surface area contributed by atoms with Gasteiger partial charge in [0, 0.05) is 29.4 Å². The Morgan fingerprint density at radius 2 is 1.88 bits per heavy atom. The maximum absolute atomic E-state index is 10.8. The first-order valence-corrected chi connectivity index (χ1v) is 7.90. The molecule has 132 valence electrons. The highest BCUT2D eigenvalue weighted by molar-refractivity contribution is 5.85. The van der Waals surface area contributed by atoms with Gasteiger partial charge in [-0.05, 0) is 25.1 Å². The van der Waals surface area contributed by atoms with E-state index in [1.54, 1.807) is 18.5 Å². The van der Waals surface area contributed by atoms with Gasteiger partial charge < -0.3 is 14.9 Å². The number of nitrogens with one attached hydrogen (secondary N) is 1. The van der Waals surface area contributed by atoms with Gasteiger partial charge in [-0.15, -0.1) is 0 Å². The molecule has 6 nitrogen and oxygen atoms in total. The molecule has 3 heterocycles. The van der Waals surface area contributed by atoms with Crippen molar-refractivity contribution in [2.45, 2.75) is 20.4 Å². The molecule has 0 bridgehead atoms. The lowest BCUT2D eigenvalue weighted by molar-refractivity contribution is 0.399. The van der Waals surface area contributed by atoms with Crippen LogP contribution < -0.4 is 5.32 Å². The molecule has 0 spiro atoms. The summed E-state index contributed by atoms with van der Waals surface area (Å²) in [5.74, 6) is 1.40. The van der Waals surface area contributed by atoms with E-state index in [0.717, 1.165) is 11.1 Å². The zero-order valence-electron chi connectivity index (χ0n) is 13.5. The normalized spacial score (nSPS) is 11.7. The first-order valence-electron chi connectivity index (χ1n) is 7.90. The van der Waals surface area contributed by atoms with E-state index in [-0.39, 0.29) is 13.2 Å². The first-order chi connectivity index (χ1) is 12.2. The molecule has 26 heavy (non-hydrogen) atoms. The standard InChI is InChI=1S/C19H16N4O2.CH4/c1-12-11-16(23-25-12)22-18(15-6-2-3-9-20-15)14-8-7-13-5-4-10-21-17(13)19(14)24;/h2-11,18,24H,1H3,(H,22,23);1H4/t18-;/m1./s1. The monoisotopic (exact) mass is 348 g/mol. The van der Waals surface area contributed by atoms with Crippen molar-refractivity contribution in [1.29, 1.82) is 0 Å². The molecule has 0 saturated carbocycles. The van der Waals surface area contributed by atoms with E-state index in [1.807, 2.05) is 49.4 Å². The van der Waals surface area contributed by atoms with Gasteiger partial charge in [0.25, 0.3) is 0 Å². The predicted octanol–water partition coefficient (Wildman–Crippen LogP) is 4.47. The second-order valence-electron chi connectivity index (χ2n) is 5.73. The van der Waals surface area contributed by atoms with Crippen LogP contribution in [0.1, 0.15) is 30.5 Å². The molecule has 0 amide bonds. The SMILES string of the molecule is C.Cc1cc(N[C@@H](c2ccccn2)c2ccc3cccnc3c2O)no1. The Bertz CT molecular complexity index is 1010. The van der Waals surface area contributed by atoms with Crippen molar-refractivity contribution in [1.82, 2.24) is 15.1 Å². The highest BCUT2D eigenvalue weighted by atomic mass is 16.5. The Kier molecular flexibility index (Phi) is 4.84. The molecule has 0 saturated heterocycles. The van der Waals surface area contributed by atoms with E-state index in [1.165, 1.54) is 0 Å². The number of pyridine rings is 2. The van der Waals surface area contributed by atoms with Crippen molar-refractivity contribution < 1.29 is 9.63 Å². The van der Waals surface area contributed by atoms with Crippen molar-refractivity contribution in [3.63, 3.8) is 0 Å². The summed E-state index contributed by atoms with van der Waals surface area (Å²) in [6, 6.07) is 14.6. The Hall–Kier alpha value is -3.41. The number of benzene rings is 1. The average Bonchev–Trinajstić information content (AvgIpc) is 3.06. The number of fused-ring (bicyclic) bond motifs is 1. The molecule has 2 N–H and O–H groups in total. The average molecular weight is 348 g/mol. The molecule has 1 atom stereocenters. The lowest BCUT2D eigenvalue weighted by Crippen LogP contribution is -2.14. The molecule has 0 aliphatic rings. The lowest BCUT2D eigenvalue weighted by Gasteiger charge is -2.20. The van der Waals surface area contributed by atoms with Crippen LogP contribution in [0.5, 0.6) is 5.75 Å². The molecule has 4 rings (SSSR count). The molecule has 4 aromatic rings. The second-order valence-corrected chi connectivity index (χ2v) is 5.73. The number of anilines is 1. The third-order valence-corrected chi connectivity index (χ3v) is 3.99. The summed E-state index contributed by atoms with van der Waals surface area (Å²) >= 11 is 0. The highest BCUT2D eigenvalue weighted by Crippen LogP contribution is 2.35. The summed E-state index contributed by atoms with van der Waals surface area (Å²) in [6.07, 6.45) is 3.38. The zero-order chi connectivity index (χ0) is 17.2. The number of aromatic nitrogens is 3. The van der Waals surface area contributed by atoms with Crippen LogP contribution in [0.4, 0.5) is 5.82 Å². The number of aryl methyl sites for hydroxylation is 1. The molecular formula is C20H20N4O2. The number of hydrogen-bond donors (Lipinski definition) is 2. The van der Waals surface area contributed by atoms with Crippen LogP contribution in [0.15, 0.2) is 65.4 Å². The van der Waals surface area contributed by atoms with Crippen LogP contribution in [0.2, 0.25) is 0 Å². The summed E-state index contributed by atoms with van der Waals surface area (Å²) in [7, 11) is 0. The van der Waals surface area contributed by atoms with E-state index in [0.29, 0.717) is 22.7 Å². The van der Waals surface area contributed by atoms with E-state index >= 15 is 0 Å². The molecule has 0 aliphatic heterocycles. The zero-order valence-corrected chi connectivity index (χ0v) is 13.5. The van der Waals surface area contributed by atoms with Gasteiger partial charge in [-0.1, -0.05) is 36.8 Å². The van der Waals surface area contributed by atoms with Gasteiger partial charge in [0.15, 0.2) is 5.82 Å². The largest absolute Gasteiger partial charge is 0.505 e. The van der Waals surface area contributed by atoms with E-state index in [2.05, 4.69) is 20.4 Å². The van der Waals surface area contributed by atoms with Crippen molar-refractivity contribution >= 4 is 16.7 Å². The van der Waals surface area contributed by atoms with E-state index in [9.17, 15) is 5.11 Å². The summed E-state index contributed by atoms with van der Waals surface area (Å²) in [4.78, 5) is 8.72. The fraction of sp³-hybridized carbons (Fsp3) is 0.150. The van der Waals surface area contributed by atoms with Crippen LogP contribution >= 0.6 is 0 Å². The number of nitrogens with zero attached hydrogens (tertiary/aromatic N) is 3. The van der Waals surface area contributed by atoms with Gasteiger partial charge in [-0.25, -0.2) is 0 Å². The molecule has 0 fully saturated rings. The third-order valence-electron chi connectivity index (χ3n) is 3.99. The topological polar surface area (TPSA) is 84.1 Å². The van der Waals surface area contributed by atoms with Gasteiger partial charge in [0.1, 0.15) is 17.0 Å². The fourth-order valence-electron chi connectivity index (χ4n) is 2.82. The van der Waals surface area contributed by atoms with E-state index < -0.39 is 6.04 Å². The highest BCUT2D eigenvalue weighted by Gasteiger charge is 2.22. The van der Waals surface area contributed by atoms with Crippen molar-refractivity contribution in [3.8, 4) is 5.75 Å². The van der Waals surface area contributed by atoms with E-state index in [4.69, 9.17) is 4.52 Å². The second kappa shape index (κ2) is 7.23. The van der Waals surface area contributed by atoms with Gasteiger partial charge in [-0.3, -0.25) is 9.97 Å². The molecule has 1 aromatic carbocycles. The number of phenolic OH excluding ortho intramolecular Hbond substituents is 1. The summed E-state index contributed by atoms with van der Waals surface area (Å²) in [6.45, 7) is 1.82. The predicted molar refractivity (Wildman–Crippen MR) is 101 cm³/mol. The minimum Gasteiger partial charge on any atom is -0.505 e. The number of rotatable bonds is 4. The van der Waals surface area contributed by atoms with Crippen LogP contribution in [0.3, 0.4) is 0 Å². The first kappa shape index (κ1) is 17.4. The smallest absolute Gasteiger partial charge is 0.170 e. The maximum Gasteiger partial charge on any atom is 0.170 e. The van der Waals surface area contributed by atoms with Crippen molar-refractivity contribution in [2.24, 2.45) is 0 Å². The quantitative estimate of drug-likeness (QED) is 0.566. The van der Waals surface area contributed by atoms with Crippen molar-refractivity contribution in [2.75, 3.05) is 5.32 Å². The summed E-state index contributed by atoms with van der Waals surface area (Å²) < 4.78 is 5.13. The Balaban J connectivity index is 0.00000196. The third kappa shape index (κ3) is 3.21. The fourth-order valence-corrected chi connectivity index (χ4v) is 2.82. The van der Waals surface area contributed by atoms with Gasteiger partial charge in [-0.2, -0.15) is 0 Å². The van der Waals surface area contributed by atoms with Crippen LogP contribution in [0.25, 0.3) is 10.9 Å². The van der Waals surface area contributed by atoms with Crippen LogP contribution in [-0.4, -0.2) is 20.2 Å². The molecule has 6 heteroatoms. The van der Waals surface area contributed by atoms with Gasteiger partial charge >= 0.3 is 0 Å². The number of hydrogen-bond acceptors (Lipinski definition) is 6. The van der Waals surface area contributed by atoms with Crippen LogP contribution in [0, 0.1) is 6.92 Å². The number of phenols is 1.